The standard InChI is InChI=1S/C29H32F3N5O2/c30-29(31,32)28(39)7-10-36(11-8-28)26-17-34-16-24-23(26)6-9-37(27(24)38)18-20-4-5-21-13-22(35-25(21)12-20)15-33-14-19-2-1-3-19/h4-6,9,12-13,16-17,19,33,35,39H,1-3,7-8,10-11,14-15,18H2. The maximum atomic E-state index is 13.4. The Labute approximate surface area is 223 Å². The van der Waals surface area contributed by atoms with Crippen molar-refractivity contribution < 1.29 is 18.3 Å². The van der Waals surface area contributed by atoms with Crippen molar-refractivity contribution in [2.45, 2.75) is 57.0 Å². The van der Waals surface area contributed by atoms with E-state index in [4.69, 9.17) is 0 Å². The van der Waals surface area contributed by atoms with E-state index in [0.717, 1.165) is 41.2 Å². The van der Waals surface area contributed by atoms with Gasteiger partial charge in [0.25, 0.3) is 5.56 Å². The number of fused-ring (bicyclic) bond motifs is 2. The van der Waals surface area contributed by atoms with E-state index in [1.165, 1.54) is 25.5 Å². The second kappa shape index (κ2) is 9.98. The predicted octanol–water partition coefficient (Wildman–Crippen LogP) is 4.71. The minimum Gasteiger partial charge on any atom is -0.380 e. The van der Waals surface area contributed by atoms with Crippen molar-refractivity contribution in [1.82, 2.24) is 19.9 Å². The van der Waals surface area contributed by atoms with Crippen LogP contribution in [-0.2, 0) is 13.1 Å². The van der Waals surface area contributed by atoms with Gasteiger partial charge in [0, 0.05) is 61.5 Å². The monoisotopic (exact) mass is 539 g/mol. The fraction of sp³-hybridized carbons (Fsp3) is 0.448. The second-order valence-corrected chi connectivity index (χ2v) is 11.0. The lowest BCUT2D eigenvalue weighted by Crippen LogP contribution is -2.53. The fourth-order valence-corrected chi connectivity index (χ4v) is 5.70. The number of aromatic amines is 1. The first-order chi connectivity index (χ1) is 18.7. The Bertz CT molecular complexity index is 1550. The van der Waals surface area contributed by atoms with E-state index in [0.29, 0.717) is 23.0 Å². The minimum atomic E-state index is -4.67. The number of piperidine rings is 1. The van der Waals surface area contributed by atoms with E-state index in [1.807, 2.05) is 12.1 Å². The highest BCUT2D eigenvalue weighted by atomic mass is 19.4. The van der Waals surface area contributed by atoms with Crippen molar-refractivity contribution in [3.63, 3.8) is 0 Å². The summed E-state index contributed by atoms with van der Waals surface area (Å²) < 4.78 is 41.3. The van der Waals surface area contributed by atoms with Crippen molar-refractivity contribution in [3.8, 4) is 0 Å². The van der Waals surface area contributed by atoms with E-state index < -0.39 is 24.6 Å². The zero-order valence-corrected chi connectivity index (χ0v) is 21.6. The summed E-state index contributed by atoms with van der Waals surface area (Å²) >= 11 is 0. The molecule has 1 saturated carbocycles. The van der Waals surface area contributed by atoms with Crippen LogP contribution in [0.1, 0.15) is 43.4 Å². The average Bonchev–Trinajstić information content (AvgIpc) is 3.29. The highest BCUT2D eigenvalue weighted by Gasteiger charge is 2.54. The van der Waals surface area contributed by atoms with Crippen LogP contribution in [0.15, 0.2) is 53.7 Å². The molecule has 0 unspecified atom stereocenters. The van der Waals surface area contributed by atoms with Crippen LogP contribution in [0.2, 0.25) is 0 Å². The summed E-state index contributed by atoms with van der Waals surface area (Å²) in [7, 11) is 0. The molecule has 39 heavy (non-hydrogen) atoms. The molecule has 2 fully saturated rings. The maximum Gasteiger partial charge on any atom is 0.417 e. The number of nitrogens with zero attached hydrogens (tertiary/aromatic N) is 3. The van der Waals surface area contributed by atoms with Crippen molar-refractivity contribution in [2.75, 3.05) is 24.5 Å². The molecule has 1 saturated heterocycles. The van der Waals surface area contributed by atoms with Gasteiger partial charge in [0.2, 0.25) is 0 Å². The molecule has 1 aliphatic heterocycles. The van der Waals surface area contributed by atoms with Crippen LogP contribution in [0, 0.1) is 5.92 Å². The number of aromatic nitrogens is 3. The number of pyridine rings is 2. The Morgan fingerprint density at radius 2 is 1.90 bits per heavy atom. The lowest BCUT2D eigenvalue weighted by Gasteiger charge is -2.40. The van der Waals surface area contributed by atoms with Crippen LogP contribution < -0.4 is 15.8 Å². The van der Waals surface area contributed by atoms with E-state index in [2.05, 4.69) is 33.5 Å². The summed E-state index contributed by atoms with van der Waals surface area (Å²) in [6, 6.07) is 10.1. The maximum absolute atomic E-state index is 13.4. The van der Waals surface area contributed by atoms with Crippen LogP contribution in [-0.4, -0.2) is 51.1 Å². The van der Waals surface area contributed by atoms with Gasteiger partial charge in [-0.2, -0.15) is 13.2 Å². The largest absolute Gasteiger partial charge is 0.417 e. The molecule has 0 radical (unpaired) electrons. The van der Waals surface area contributed by atoms with Gasteiger partial charge in [-0.1, -0.05) is 18.6 Å². The van der Waals surface area contributed by atoms with Gasteiger partial charge in [-0.15, -0.1) is 0 Å². The zero-order valence-electron chi connectivity index (χ0n) is 21.6. The molecule has 1 aliphatic carbocycles. The normalized spacial score (nSPS) is 18.1. The highest BCUT2D eigenvalue weighted by molar-refractivity contribution is 5.92. The number of H-pyrrole nitrogens is 1. The minimum absolute atomic E-state index is 0.0220. The number of rotatable bonds is 7. The third-order valence-electron chi connectivity index (χ3n) is 8.41. The Morgan fingerprint density at radius 3 is 2.62 bits per heavy atom. The van der Waals surface area contributed by atoms with Crippen LogP contribution in [0.3, 0.4) is 0 Å². The molecular weight excluding hydrogens is 507 g/mol. The SMILES string of the molecule is O=c1c2cncc(N3CCC(O)(C(F)(F)F)CC3)c2ccn1Cc1ccc2cc(CNCC3CCC3)[nH]c2c1. The number of aliphatic hydroxyl groups is 1. The molecule has 0 atom stereocenters. The molecule has 10 heteroatoms. The molecule has 7 nitrogen and oxygen atoms in total. The summed E-state index contributed by atoms with van der Waals surface area (Å²) in [5.41, 5.74) is 0.850. The topological polar surface area (TPSA) is 86.2 Å². The molecule has 3 aromatic heterocycles. The molecule has 6 rings (SSSR count). The molecule has 4 heterocycles. The molecular formula is C29H32F3N5O2. The first-order valence-corrected chi connectivity index (χ1v) is 13.5. The van der Waals surface area contributed by atoms with Crippen LogP contribution in [0.5, 0.6) is 0 Å². The molecule has 4 aromatic rings. The smallest absolute Gasteiger partial charge is 0.380 e. The van der Waals surface area contributed by atoms with Gasteiger partial charge in [-0.3, -0.25) is 9.78 Å². The van der Waals surface area contributed by atoms with Crippen molar-refractivity contribution >= 4 is 27.4 Å². The number of anilines is 1. The Morgan fingerprint density at radius 1 is 1.10 bits per heavy atom. The number of hydrogen-bond acceptors (Lipinski definition) is 5. The van der Waals surface area contributed by atoms with Crippen LogP contribution in [0.25, 0.3) is 21.7 Å². The van der Waals surface area contributed by atoms with Gasteiger partial charge in [0.15, 0.2) is 5.60 Å². The molecule has 3 N–H and O–H groups in total. The molecule has 206 valence electrons. The van der Waals surface area contributed by atoms with Crippen molar-refractivity contribution in [1.29, 1.82) is 0 Å². The van der Waals surface area contributed by atoms with Crippen molar-refractivity contribution in [3.05, 3.63) is 70.5 Å². The third kappa shape index (κ3) is 5.03. The van der Waals surface area contributed by atoms with E-state index in [1.54, 1.807) is 21.9 Å². The Kier molecular flexibility index (Phi) is 6.63. The Hall–Kier alpha value is -3.37. The number of hydrogen-bond donors (Lipinski definition) is 3. The van der Waals surface area contributed by atoms with E-state index in [-0.39, 0.29) is 18.6 Å². The highest BCUT2D eigenvalue weighted by Crippen LogP contribution is 2.40. The quantitative estimate of drug-likeness (QED) is 0.317. The second-order valence-electron chi connectivity index (χ2n) is 11.0. The van der Waals surface area contributed by atoms with E-state index in [9.17, 15) is 23.1 Å². The molecule has 0 bridgehead atoms. The molecule has 0 spiro atoms. The first-order valence-electron chi connectivity index (χ1n) is 13.5. The van der Waals surface area contributed by atoms with Gasteiger partial charge in [-0.25, -0.2) is 0 Å². The average molecular weight is 540 g/mol. The van der Waals surface area contributed by atoms with Gasteiger partial charge in [0.05, 0.1) is 23.8 Å². The molecule has 0 amide bonds. The van der Waals surface area contributed by atoms with E-state index >= 15 is 0 Å². The van der Waals surface area contributed by atoms with Gasteiger partial charge < -0.3 is 24.9 Å². The van der Waals surface area contributed by atoms with Crippen LogP contribution >= 0.6 is 0 Å². The lowest BCUT2D eigenvalue weighted by molar-refractivity contribution is -0.266. The lowest BCUT2D eigenvalue weighted by atomic mass is 9.85. The fourth-order valence-electron chi connectivity index (χ4n) is 5.70. The number of nitrogens with one attached hydrogen (secondary N) is 2. The summed E-state index contributed by atoms with van der Waals surface area (Å²) in [5.74, 6) is 0.807. The summed E-state index contributed by atoms with van der Waals surface area (Å²) in [6.45, 7) is 2.27. The number of alkyl halides is 3. The van der Waals surface area contributed by atoms with Gasteiger partial charge in [0.1, 0.15) is 0 Å². The number of halogens is 3. The summed E-state index contributed by atoms with van der Waals surface area (Å²) in [4.78, 5) is 22.8. The zero-order chi connectivity index (χ0) is 27.2. The number of benzene rings is 1. The first kappa shape index (κ1) is 25.9. The summed E-state index contributed by atoms with van der Waals surface area (Å²) in [5, 5.41) is 15.7. The third-order valence-corrected chi connectivity index (χ3v) is 8.41. The molecule has 1 aromatic carbocycles. The molecule has 2 aliphatic rings. The van der Waals surface area contributed by atoms with Crippen LogP contribution in [0.4, 0.5) is 18.9 Å². The van der Waals surface area contributed by atoms with Gasteiger partial charge >= 0.3 is 6.18 Å². The van der Waals surface area contributed by atoms with Gasteiger partial charge in [-0.05, 0) is 54.5 Å². The summed E-state index contributed by atoms with van der Waals surface area (Å²) in [6.07, 6.45) is 3.26. The Balaban J connectivity index is 1.19. The van der Waals surface area contributed by atoms with Crippen molar-refractivity contribution in [2.24, 2.45) is 5.92 Å². The predicted molar refractivity (Wildman–Crippen MR) is 145 cm³/mol.